The number of rotatable bonds is 7. The lowest BCUT2D eigenvalue weighted by Crippen LogP contribution is -2.71. The Morgan fingerprint density at radius 2 is 1.81 bits per heavy atom. The van der Waals surface area contributed by atoms with Gasteiger partial charge in [0.15, 0.2) is 5.96 Å². The molecule has 0 aromatic heterocycles. The first-order valence-corrected chi connectivity index (χ1v) is 10.8. The number of benzene rings is 1. The molecule has 2 fully saturated rings. The number of hydrogen-bond acceptors (Lipinski definition) is 6. The highest BCUT2D eigenvalue weighted by Crippen LogP contribution is 2.50. The van der Waals surface area contributed by atoms with Crippen LogP contribution in [0.1, 0.15) is 32.4 Å². The van der Waals surface area contributed by atoms with Crippen molar-refractivity contribution >= 4 is 41.4 Å². The van der Waals surface area contributed by atoms with Gasteiger partial charge in [0.1, 0.15) is 29.5 Å². The third kappa shape index (κ3) is 4.35. The minimum atomic E-state index is -1.10. The first kappa shape index (κ1) is 23.4. The number of nitrogens with one attached hydrogen (secondary N) is 2. The van der Waals surface area contributed by atoms with E-state index in [-0.39, 0.29) is 5.96 Å². The van der Waals surface area contributed by atoms with E-state index in [0.29, 0.717) is 5.56 Å². The quantitative estimate of drug-likeness (QED) is 0.197. The zero-order valence-corrected chi connectivity index (χ0v) is 18.6. The molecular formula is C20H26N6O5S. The second-order valence-corrected chi connectivity index (χ2v) is 9.94. The van der Waals surface area contributed by atoms with Crippen molar-refractivity contribution in [2.24, 2.45) is 16.5 Å². The van der Waals surface area contributed by atoms with Gasteiger partial charge in [-0.25, -0.2) is 9.79 Å². The molecule has 0 spiro atoms. The fourth-order valence-corrected chi connectivity index (χ4v) is 5.50. The molecule has 0 bridgehead atoms. The van der Waals surface area contributed by atoms with Crippen LogP contribution in [0.2, 0.25) is 0 Å². The number of aliphatic carboxylic acids is 1. The number of nitrogens with zero attached hydrogens (tertiary/aromatic N) is 2. The predicted octanol–water partition coefficient (Wildman–Crippen LogP) is -0.862. The molecule has 1 aromatic carbocycles. The maximum Gasteiger partial charge on any atom is 0.327 e. The molecule has 11 nitrogen and oxygen atoms in total. The topological polar surface area (TPSA) is 180 Å². The number of thioether (sulfide) groups is 1. The van der Waals surface area contributed by atoms with Gasteiger partial charge < -0.3 is 32.1 Å². The van der Waals surface area contributed by atoms with Crippen molar-refractivity contribution in [1.29, 1.82) is 0 Å². The van der Waals surface area contributed by atoms with Gasteiger partial charge in [0.05, 0.1) is 0 Å². The Kier molecular flexibility index (Phi) is 6.35. The van der Waals surface area contributed by atoms with Crippen LogP contribution in [0.4, 0.5) is 0 Å². The third-order valence-electron chi connectivity index (χ3n) is 5.38. The number of guanidine groups is 1. The van der Waals surface area contributed by atoms with Crippen molar-refractivity contribution in [3.8, 4) is 0 Å². The largest absolute Gasteiger partial charge is 0.480 e. The molecule has 2 unspecified atom stereocenters. The molecule has 172 valence electrons. The van der Waals surface area contributed by atoms with Gasteiger partial charge in [-0.15, -0.1) is 11.8 Å². The molecule has 12 heteroatoms. The van der Waals surface area contributed by atoms with E-state index < -0.39 is 58.0 Å². The normalized spacial score (nSPS) is 25.0. The van der Waals surface area contributed by atoms with Gasteiger partial charge in [0.25, 0.3) is 0 Å². The number of fused-ring (bicyclic) bond motifs is 1. The molecule has 2 aliphatic rings. The monoisotopic (exact) mass is 462 g/mol. The number of carbonyl (C=O) groups excluding carboxylic acids is 3. The van der Waals surface area contributed by atoms with Crippen LogP contribution >= 0.6 is 11.8 Å². The molecule has 2 heterocycles. The summed E-state index contributed by atoms with van der Waals surface area (Å²) in [7, 11) is 0. The van der Waals surface area contributed by atoms with Crippen LogP contribution in [0.3, 0.4) is 0 Å². The van der Waals surface area contributed by atoms with Crippen LogP contribution in [0.5, 0.6) is 0 Å². The molecule has 2 saturated heterocycles. The minimum Gasteiger partial charge on any atom is -0.480 e. The van der Waals surface area contributed by atoms with E-state index in [1.165, 1.54) is 23.6 Å². The molecule has 7 N–H and O–H groups in total. The van der Waals surface area contributed by atoms with Crippen molar-refractivity contribution in [1.82, 2.24) is 15.5 Å². The van der Waals surface area contributed by atoms with E-state index in [1.807, 2.05) is 0 Å². The summed E-state index contributed by atoms with van der Waals surface area (Å²) in [6, 6.07) is 4.61. The molecule has 5 atom stereocenters. The number of nitrogens with two attached hydrogens (primary N) is 2. The van der Waals surface area contributed by atoms with E-state index in [9.17, 15) is 24.3 Å². The Morgan fingerprint density at radius 1 is 1.19 bits per heavy atom. The molecule has 3 rings (SSSR count). The molecule has 0 radical (unpaired) electrons. The summed E-state index contributed by atoms with van der Waals surface area (Å²) in [5.41, 5.74) is 11.2. The fraction of sp³-hybridized carbons (Fsp3) is 0.450. The maximum absolute atomic E-state index is 13.1. The zero-order chi connectivity index (χ0) is 23.8. The molecule has 32 heavy (non-hydrogen) atoms. The molecular weight excluding hydrogens is 436 g/mol. The summed E-state index contributed by atoms with van der Waals surface area (Å²) in [5.74, 6) is -3.00. The van der Waals surface area contributed by atoms with E-state index in [1.54, 1.807) is 44.2 Å². The highest BCUT2D eigenvalue weighted by atomic mass is 32.2. The molecule has 0 aliphatic carbocycles. The van der Waals surface area contributed by atoms with Crippen LogP contribution < -0.4 is 22.1 Å². The molecule has 0 saturated carbocycles. The Hall–Kier alpha value is -3.28. The summed E-state index contributed by atoms with van der Waals surface area (Å²) in [6.45, 7) is 4.98. The molecule has 3 amide bonds. The Bertz CT molecular complexity index is 964. The van der Waals surface area contributed by atoms with Gasteiger partial charge in [0.2, 0.25) is 17.7 Å². The lowest BCUT2D eigenvalue weighted by atomic mass is 9.95. The van der Waals surface area contributed by atoms with Crippen LogP contribution in [-0.4, -0.2) is 67.9 Å². The summed E-state index contributed by atoms with van der Waals surface area (Å²) in [6.07, 6.45) is 0. The van der Waals surface area contributed by atoms with Crippen LogP contribution in [0, 0.1) is 0 Å². The first-order chi connectivity index (χ1) is 14.9. The summed E-state index contributed by atoms with van der Waals surface area (Å²) >= 11 is 1.32. The van der Waals surface area contributed by atoms with Crippen LogP contribution in [-0.2, 0) is 19.2 Å². The lowest BCUT2D eigenvalue weighted by molar-refractivity contribution is -0.161. The Morgan fingerprint density at radius 3 is 2.38 bits per heavy atom. The van der Waals surface area contributed by atoms with Crippen molar-refractivity contribution < 1.29 is 24.3 Å². The summed E-state index contributed by atoms with van der Waals surface area (Å²) in [5, 5.41) is 14.3. The SMILES string of the molecule is CC(N=C(N)N)C(=O)NC(C(=O)N[C@@H]1C(=O)N2[C@@H]1SC(C)(C)[C@@H]2C(=O)O)c1ccccc1. The number of hydrogen-bond donors (Lipinski definition) is 5. The fourth-order valence-electron chi connectivity index (χ4n) is 3.87. The van der Waals surface area contributed by atoms with Crippen molar-refractivity contribution in [3.05, 3.63) is 35.9 Å². The van der Waals surface area contributed by atoms with Gasteiger partial charge in [-0.2, -0.15) is 0 Å². The number of amides is 3. The standard InChI is InChI=1S/C20H26N6O5S/c1-9(23-19(21)22)14(27)24-11(10-7-5-4-6-8-10)15(28)25-12-16(29)26-13(18(30)31)20(2,3)32-17(12)26/h4-9,11-13,17H,1-3H3,(H,24,27)(H,25,28)(H,30,31)(H4,21,22,23)/t9?,11?,12-,13+,17-/m1/s1. The Balaban J connectivity index is 1.78. The average Bonchev–Trinajstić information content (AvgIpc) is 2.98. The van der Waals surface area contributed by atoms with Crippen LogP contribution in [0.15, 0.2) is 35.3 Å². The number of carbonyl (C=O) groups is 4. The van der Waals surface area contributed by atoms with E-state index in [4.69, 9.17) is 11.5 Å². The highest BCUT2D eigenvalue weighted by Gasteiger charge is 2.64. The van der Waals surface area contributed by atoms with Gasteiger partial charge in [-0.3, -0.25) is 14.4 Å². The van der Waals surface area contributed by atoms with E-state index >= 15 is 0 Å². The van der Waals surface area contributed by atoms with Crippen molar-refractivity contribution in [2.75, 3.05) is 0 Å². The summed E-state index contributed by atoms with van der Waals surface area (Å²) < 4.78 is -0.714. The minimum absolute atomic E-state index is 0.262. The highest BCUT2D eigenvalue weighted by molar-refractivity contribution is 8.01. The number of carboxylic acids is 1. The lowest BCUT2D eigenvalue weighted by Gasteiger charge is -2.44. The molecule has 2 aliphatic heterocycles. The van der Waals surface area contributed by atoms with E-state index in [2.05, 4.69) is 15.6 Å². The third-order valence-corrected chi connectivity index (χ3v) is 6.95. The predicted molar refractivity (Wildman–Crippen MR) is 118 cm³/mol. The van der Waals surface area contributed by atoms with Gasteiger partial charge in [-0.05, 0) is 26.3 Å². The summed E-state index contributed by atoms with van der Waals surface area (Å²) in [4.78, 5) is 55.1. The average molecular weight is 463 g/mol. The smallest absolute Gasteiger partial charge is 0.327 e. The second-order valence-electron chi connectivity index (χ2n) is 8.17. The van der Waals surface area contributed by atoms with Crippen LogP contribution in [0.25, 0.3) is 0 Å². The number of carboxylic acid groups (broad SMARTS) is 1. The number of aliphatic imine (C=N–C) groups is 1. The first-order valence-electron chi connectivity index (χ1n) is 9.91. The van der Waals surface area contributed by atoms with Gasteiger partial charge in [-0.1, -0.05) is 30.3 Å². The van der Waals surface area contributed by atoms with E-state index in [0.717, 1.165) is 0 Å². The molecule has 1 aromatic rings. The zero-order valence-electron chi connectivity index (χ0n) is 17.8. The van der Waals surface area contributed by atoms with Gasteiger partial charge >= 0.3 is 5.97 Å². The number of β-lactam (4-membered cyclic amide) rings is 1. The maximum atomic E-state index is 13.1. The van der Waals surface area contributed by atoms with Gasteiger partial charge in [0, 0.05) is 4.75 Å². The Labute approximate surface area is 189 Å². The van der Waals surface area contributed by atoms with Crippen molar-refractivity contribution in [2.45, 2.75) is 55.1 Å². The second kappa shape index (κ2) is 8.69. The van der Waals surface area contributed by atoms with Crippen molar-refractivity contribution in [3.63, 3.8) is 0 Å².